The maximum atomic E-state index is 11.9. The molecule has 0 saturated heterocycles. The summed E-state index contributed by atoms with van der Waals surface area (Å²) in [5.74, 6) is -2.43. The van der Waals surface area contributed by atoms with Crippen LogP contribution in [0.4, 0.5) is 0 Å². The van der Waals surface area contributed by atoms with Gasteiger partial charge in [0.25, 0.3) is 0 Å². The Balaban J connectivity index is -0.000000674. The Kier molecular flexibility index (Phi) is 32.7. The van der Waals surface area contributed by atoms with Crippen molar-refractivity contribution in [1.29, 1.82) is 0 Å². The third kappa shape index (κ3) is 31.7. The number of benzene rings is 1. The van der Waals surface area contributed by atoms with Crippen LogP contribution in [0.15, 0.2) is 41.5 Å². The number of carbonyl (C=O) groups is 4. The van der Waals surface area contributed by atoms with Gasteiger partial charge in [0.05, 0.1) is 13.1 Å². The zero-order valence-corrected chi connectivity index (χ0v) is 30.5. The lowest BCUT2D eigenvalue weighted by Gasteiger charge is -2.18. The van der Waals surface area contributed by atoms with E-state index < -0.39 is 30.4 Å². The molecular formula is C32H60N10O5S. The van der Waals surface area contributed by atoms with Gasteiger partial charge in [0.2, 0.25) is 17.7 Å². The first-order valence-electron chi connectivity index (χ1n) is 16.0. The first-order chi connectivity index (χ1) is 22.8. The Hall–Kier alpha value is -4.28. The topological polar surface area (TPSA) is 248 Å². The van der Waals surface area contributed by atoms with E-state index in [4.69, 9.17) is 34.5 Å². The van der Waals surface area contributed by atoms with E-state index in [0.717, 1.165) is 23.4 Å². The zero-order valence-electron chi connectivity index (χ0n) is 29.7. The molecule has 0 saturated carbocycles. The van der Waals surface area contributed by atoms with E-state index >= 15 is 0 Å². The lowest BCUT2D eigenvalue weighted by molar-refractivity contribution is -0.138. The molecule has 1 heterocycles. The highest BCUT2D eigenvalue weighted by Crippen LogP contribution is 2.01. The molecule has 0 radical (unpaired) electrons. The highest BCUT2D eigenvalue weighted by atomic mass is 32.1. The lowest BCUT2D eigenvalue weighted by Crippen LogP contribution is -2.50. The first-order valence-corrected chi connectivity index (χ1v) is 16.4. The Morgan fingerprint density at radius 3 is 1.98 bits per heavy atom. The van der Waals surface area contributed by atoms with Crippen LogP contribution >= 0.6 is 12.2 Å². The molecule has 15 nitrogen and oxygen atoms in total. The number of carboxylic acids is 1. The van der Waals surface area contributed by atoms with Crippen molar-refractivity contribution in [2.45, 2.75) is 73.3 Å². The SMILES string of the molecule is CC.CCCN=C(N)N.CCNCC(=O)NCC(=O)NC(CCCCN)C(=O)NCC(=O)O.Cc1ccccc1.Cc1cn(C)c(=S)[nH]1. The number of H-pyrrole nitrogens is 1. The maximum Gasteiger partial charge on any atom is 0.322 e. The third-order valence-corrected chi connectivity index (χ3v) is 5.85. The van der Waals surface area contributed by atoms with Crippen LogP contribution in [0.5, 0.6) is 0 Å². The van der Waals surface area contributed by atoms with Crippen LogP contribution in [0.3, 0.4) is 0 Å². The van der Waals surface area contributed by atoms with E-state index in [1.165, 1.54) is 5.56 Å². The average molecular weight is 697 g/mol. The van der Waals surface area contributed by atoms with Crippen LogP contribution in [-0.2, 0) is 26.2 Å². The maximum absolute atomic E-state index is 11.9. The Morgan fingerprint density at radius 1 is 0.979 bits per heavy atom. The van der Waals surface area contributed by atoms with Crippen LogP contribution in [-0.4, -0.2) is 89.6 Å². The molecule has 274 valence electrons. The number of carboxylic acid groups (broad SMARTS) is 1. The molecule has 3 amide bonds. The summed E-state index contributed by atoms with van der Waals surface area (Å²) in [6.45, 7) is 13.1. The Bertz CT molecular complexity index is 1220. The van der Waals surface area contributed by atoms with Crippen LogP contribution in [0.2, 0.25) is 0 Å². The number of amides is 3. The first kappa shape index (κ1) is 48.1. The smallest absolute Gasteiger partial charge is 0.322 e. The van der Waals surface area contributed by atoms with E-state index in [2.05, 4.69) is 50.3 Å². The Morgan fingerprint density at radius 2 is 1.60 bits per heavy atom. The number of aromatic amines is 1. The molecule has 16 heteroatoms. The van der Waals surface area contributed by atoms with Crippen molar-refractivity contribution in [3.05, 3.63) is 52.6 Å². The van der Waals surface area contributed by atoms with E-state index in [1.807, 2.05) is 70.6 Å². The van der Waals surface area contributed by atoms with Crippen LogP contribution in [0, 0.1) is 18.6 Å². The summed E-state index contributed by atoms with van der Waals surface area (Å²) < 4.78 is 2.66. The second-order valence-electron chi connectivity index (χ2n) is 9.89. The lowest BCUT2D eigenvalue weighted by atomic mass is 10.1. The molecule has 0 spiro atoms. The molecule has 1 aromatic carbocycles. The summed E-state index contributed by atoms with van der Waals surface area (Å²) in [6, 6.07) is 9.39. The largest absolute Gasteiger partial charge is 0.480 e. The van der Waals surface area contributed by atoms with Crippen LogP contribution < -0.4 is 38.5 Å². The fourth-order valence-electron chi connectivity index (χ4n) is 3.19. The van der Waals surface area contributed by atoms with Crippen molar-refractivity contribution in [2.75, 3.05) is 39.3 Å². The van der Waals surface area contributed by atoms with Gasteiger partial charge in [-0.15, -0.1) is 0 Å². The van der Waals surface area contributed by atoms with Crippen LogP contribution in [0.25, 0.3) is 0 Å². The van der Waals surface area contributed by atoms with Gasteiger partial charge in [0.1, 0.15) is 12.6 Å². The number of nitrogens with two attached hydrogens (primary N) is 3. The number of hydrogen-bond acceptors (Lipinski definition) is 8. The number of hydrogen-bond donors (Lipinski definition) is 9. The number of carbonyl (C=O) groups excluding carboxylic acids is 3. The summed E-state index contributed by atoms with van der Waals surface area (Å²) in [5.41, 5.74) is 17.8. The van der Waals surface area contributed by atoms with Gasteiger partial charge < -0.3 is 53.1 Å². The summed E-state index contributed by atoms with van der Waals surface area (Å²) in [6.07, 6.45) is 4.58. The number of nitrogens with zero attached hydrogens (tertiary/aromatic N) is 2. The Labute approximate surface area is 290 Å². The van der Waals surface area contributed by atoms with Crippen molar-refractivity contribution in [2.24, 2.45) is 29.2 Å². The molecule has 1 atom stereocenters. The number of rotatable bonds is 15. The zero-order chi connectivity index (χ0) is 37.3. The number of unbranched alkanes of at least 4 members (excludes halogenated alkanes) is 1. The monoisotopic (exact) mass is 696 g/mol. The minimum atomic E-state index is -1.17. The molecule has 2 aromatic rings. The number of guanidine groups is 1. The molecule has 0 fully saturated rings. The van der Waals surface area contributed by atoms with Gasteiger partial charge in [0, 0.05) is 25.5 Å². The molecule has 1 aromatic heterocycles. The fourth-order valence-corrected chi connectivity index (χ4v) is 3.40. The van der Waals surface area contributed by atoms with Gasteiger partial charge in [-0.3, -0.25) is 24.2 Å². The van der Waals surface area contributed by atoms with Crippen molar-refractivity contribution >= 4 is 41.9 Å². The highest BCUT2D eigenvalue weighted by Gasteiger charge is 2.21. The molecule has 0 aliphatic heterocycles. The van der Waals surface area contributed by atoms with Gasteiger partial charge in [-0.1, -0.05) is 63.6 Å². The summed E-state index contributed by atoms with van der Waals surface area (Å²) in [4.78, 5) is 52.4. The van der Waals surface area contributed by atoms with E-state index in [-0.39, 0.29) is 25.0 Å². The molecule has 0 bridgehead atoms. The second kappa shape index (κ2) is 32.7. The van der Waals surface area contributed by atoms with Gasteiger partial charge in [0.15, 0.2) is 10.7 Å². The minimum absolute atomic E-state index is 0.100. The number of aliphatic imine (C=N–C) groups is 1. The molecule has 0 aliphatic rings. The van der Waals surface area contributed by atoms with Gasteiger partial charge in [-0.05, 0) is 64.8 Å². The molecule has 0 aliphatic carbocycles. The summed E-state index contributed by atoms with van der Waals surface area (Å²) in [7, 11) is 1.92. The molecular weight excluding hydrogens is 636 g/mol. The third-order valence-electron chi connectivity index (χ3n) is 5.46. The molecule has 2 rings (SSSR count). The number of nitrogens with one attached hydrogen (secondary N) is 5. The number of likely N-dealkylation sites (N-methyl/N-ethyl adjacent to an activating group) is 1. The van der Waals surface area contributed by atoms with Crippen LogP contribution in [0.1, 0.15) is 64.6 Å². The standard InChI is InChI=1S/C14H27N5O5.C7H8.C5H8N2S.C4H11N3.C2H6/c1-2-16-7-11(20)17-8-12(21)19-10(5-3-4-6-15)14(24)18-9-13(22)23;1-7-5-3-2-4-6-7;1-4-3-7(2)5(8)6-4;1-2-3-7-4(5)6;1-2/h10,16H,2-9,15H2,1H3,(H,17,20)(H,18,24)(H,19,21)(H,22,23);2-6H,1H3;3H,1-2H3,(H,6,8);2-3H2,1H3,(H4,5,6,7);1-2H3. The number of imidazole rings is 1. The number of aliphatic carboxylic acids is 1. The number of aromatic nitrogens is 2. The number of aryl methyl sites for hydroxylation is 3. The summed E-state index contributed by atoms with van der Waals surface area (Å²) >= 11 is 4.88. The van der Waals surface area contributed by atoms with E-state index in [1.54, 1.807) is 0 Å². The second-order valence-corrected chi connectivity index (χ2v) is 10.3. The van der Waals surface area contributed by atoms with Crippen molar-refractivity contribution in [3.63, 3.8) is 0 Å². The van der Waals surface area contributed by atoms with Crippen molar-refractivity contribution in [1.82, 2.24) is 30.8 Å². The predicted molar refractivity (Wildman–Crippen MR) is 196 cm³/mol. The fraction of sp³-hybridized carbons (Fsp3) is 0.562. The minimum Gasteiger partial charge on any atom is -0.480 e. The van der Waals surface area contributed by atoms with Gasteiger partial charge in [-0.2, -0.15) is 0 Å². The quantitative estimate of drug-likeness (QED) is 0.0563. The molecule has 48 heavy (non-hydrogen) atoms. The van der Waals surface area contributed by atoms with Crippen molar-refractivity contribution in [3.8, 4) is 0 Å². The normalized spacial score (nSPS) is 9.92. The average Bonchev–Trinajstić information content (AvgIpc) is 3.35. The summed E-state index contributed by atoms with van der Waals surface area (Å²) in [5, 5.41) is 18.5. The predicted octanol–water partition coefficient (Wildman–Crippen LogP) is 1.61. The highest BCUT2D eigenvalue weighted by molar-refractivity contribution is 7.71. The van der Waals surface area contributed by atoms with Gasteiger partial charge in [-0.25, -0.2) is 0 Å². The van der Waals surface area contributed by atoms with Gasteiger partial charge >= 0.3 is 5.97 Å². The van der Waals surface area contributed by atoms with E-state index in [9.17, 15) is 19.2 Å². The van der Waals surface area contributed by atoms with E-state index in [0.29, 0.717) is 32.4 Å². The van der Waals surface area contributed by atoms with Crippen molar-refractivity contribution < 1.29 is 24.3 Å². The molecule has 1 unspecified atom stereocenters. The molecule has 12 N–H and O–H groups in total.